The van der Waals surface area contributed by atoms with Gasteiger partial charge < -0.3 is 23.4 Å². The molecule has 0 unspecified atom stereocenters. The first-order valence-electron chi connectivity index (χ1n) is 7.10. The van der Waals surface area contributed by atoms with Gasteiger partial charge >= 0.3 is 0 Å². The van der Waals surface area contributed by atoms with E-state index in [2.05, 4.69) is 43.4 Å². The molecule has 1 aromatic rings. The lowest BCUT2D eigenvalue weighted by Gasteiger charge is -2.34. The second-order valence-corrected chi connectivity index (χ2v) is 9.33. The number of hydrogen-bond acceptors (Lipinski definition) is 5. The Kier molecular flexibility index (Phi) is 4.35. The largest absolute Gasteiger partial charge is 0.455 e. The normalized spacial score (nSPS) is 34.0. The molecule has 0 radical (unpaired) electrons. The van der Waals surface area contributed by atoms with Crippen molar-refractivity contribution in [1.82, 2.24) is 0 Å². The van der Waals surface area contributed by atoms with Crippen molar-refractivity contribution in [3.05, 3.63) is 23.7 Å². The molecular formula is C15H21IO5. The van der Waals surface area contributed by atoms with Crippen LogP contribution in [0.2, 0.25) is 0 Å². The molecule has 0 spiro atoms. The minimum absolute atomic E-state index is 0.0187. The highest BCUT2D eigenvalue weighted by Gasteiger charge is 2.34. The first-order chi connectivity index (χ1) is 9.85. The molecule has 118 valence electrons. The van der Waals surface area contributed by atoms with E-state index in [1.165, 1.54) is 0 Å². The number of rotatable bonds is 2. The Morgan fingerprint density at radius 2 is 1.29 bits per heavy atom. The third-order valence-corrected chi connectivity index (χ3v) is 4.06. The highest BCUT2D eigenvalue weighted by atomic mass is 127. The molecule has 3 heterocycles. The van der Waals surface area contributed by atoms with Gasteiger partial charge in [-0.15, -0.1) is 0 Å². The van der Waals surface area contributed by atoms with Crippen LogP contribution in [0.4, 0.5) is 0 Å². The van der Waals surface area contributed by atoms with Gasteiger partial charge in [-0.2, -0.15) is 0 Å². The highest BCUT2D eigenvalue weighted by molar-refractivity contribution is 14.1. The van der Waals surface area contributed by atoms with E-state index in [-0.39, 0.29) is 8.84 Å². The maximum Gasteiger partial charge on any atom is 0.217 e. The summed E-state index contributed by atoms with van der Waals surface area (Å²) in [5.74, 6) is 1.32. The minimum atomic E-state index is -0.443. The Morgan fingerprint density at radius 3 is 1.76 bits per heavy atom. The summed E-state index contributed by atoms with van der Waals surface area (Å²) >= 11 is 2.34. The van der Waals surface area contributed by atoms with Crippen molar-refractivity contribution >= 4 is 22.6 Å². The Balaban J connectivity index is 1.62. The van der Waals surface area contributed by atoms with Crippen LogP contribution in [0.15, 0.2) is 16.5 Å². The fourth-order valence-corrected chi connectivity index (χ4v) is 2.59. The van der Waals surface area contributed by atoms with Gasteiger partial charge in [0.2, 0.25) is 12.6 Å². The van der Waals surface area contributed by atoms with Crippen molar-refractivity contribution < 1.29 is 23.4 Å². The van der Waals surface area contributed by atoms with Gasteiger partial charge in [-0.05, 0) is 19.1 Å². The zero-order valence-corrected chi connectivity index (χ0v) is 14.7. The van der Waals surface area contributed by atoms with Crippen LogP contribution < -0.4 is 0 Å². The Hall–Kier alpha value is -0.150. The zero-order chi connectivity index (χ0) is 15.1. The highest BCUT2D eigenvalue weighted by Crippen LogP contribution is 2.36. The van der Waals surface area contributed by atoms with Crippen LogP contribution in [-0.2, 0) is 18.9 Å². The summed E-state index contributed by atoms with van der Waals surface area (Å²) in [6.07, 6.45) is -0.883. The fraction of sp³-hybridized carbons (Fsp3) is 0.733. The summed E-state index contributed by atoms with van der Waals surface area (Å²) in [4.78, 5) is 0. The lowest BCUT2D eigenvalue weighted by molar-refractivity contribution is -0.235. The van der Waals surface area contributed by atoms with Crippen molar-refractivity contribution in [2.24, 2.45) is 5.41 Å². The van der Waals surface area contributed by atoms with Crippen LogP contribution >= 0.6 is 22.6 Å². The van der Waals surface area contributed by atoms with Crippen molar-refractivity contribution in [1.29, 1.82) is 0 Å². The summed E-state index contributed by atoms with van der Waals surface area (Å²) in [6, 6.07) is 3.73. The predicted molar refractivity (Wildman–Crippen MR) is 84.2 cm³/mol. The number of furan rings is 1. The van der Waals surface area contributed by atoms with Gasteiger partial charge in [0, 0.05) is 5.41 Å². The van der Waals surface area contributed by atoms with Crippen LogP contribution in [0.1, 0.15) is 44.9 Å². The molecular weight excluding hydrogens is 387 g/mol. The molecule has 2 fully saturated rings. The molecule has 3 rings (SSSR count). The topological polar surface area (TPSA) is 50.1 Å². The zero-order valence-electron chi connectivity index (χ0n) is 12.6. The lowest BCUT2D eigenvalue weighted by atomic mass is 9.95. The third kappa shape index (κ3) is 3.79. The quantitative estimate of drug-likeness (QED) is 0.553. The summed E-state index contributed by atoms with van der Waals surface area (Å²) < 4.78 is 28.7. The third-order valence-electron chi connectivity index (χ3n) is 3.43. The second-order valence-electron chi connectivity index (χ2n) is 6.73. The molecule has 0 aromatic carbocycles. The van der Waals surface area contributed by atoms with E-state index in [1.807, 2.05) is 12.1 Å². The standard InChI is InChI=1S/C15H21IO5/c1-14(2)6-17-12(18-7-14)10-4-5-11(21-10)13-19-8-15(3,16)9-20-13/h4-5,12-13H,6-9H2,1-3H3. The molecule has 2 saturated heterocycles. The van der Waals surface area contributed by atoms with Gasteiger partial charge in [0.1, 0.15) is 0 Å². The molecule has 0 aliphatic carbocycles. The van der Waals surface area contributed by atoms with E-state index in [4.69, 9.17) is 23.4 Å². The molecule has 0 N–H and O–H groups in total. The molecule has 21 heavy (non-hydrogen) atoms. The summed E-state index contributed by atoms with van der Waals surface area (Å²) in [7, 11) is 0. The van der Waals surface area contributed by atoms with Gasteiger partial charge in [-0.1, -0.05) is 36.4 Å². The first kappa shape index (κ1) is 15.7. The monoisotopic (exact) mass is 408 g/mol. The Morgan fingerprint density at radius 1 is 0.857 bits per heavy atom. The molecule has 1 aromatic heterocycles. The van der Waals surface area contributed by atoms with E-state index >= 15 is 0 Å². The van der Waals surface area contributed by atoms with E-state index < -0.39 is 12.6 Å². The maximum absolute atomic E-state index is 5.80. The maximum atomic E-state index is 5.80. The van der Waals surface area contributed by atoms with Gasteiger partial charge in [-0.3, -0.25) is 0 Å². The Labute approximate surface area is 138 Å². The second kappa shape index (κ2) is 5.81. The van der Waals surface area contributed by atoms with Gasteiger partial charge in [0.05, 0.1) is 29.8 Å². The minimum Gasteiger partial charge on any atom is -0.455 e. The molecule has 5 nitrogen and oxygen atoms in total. The summed E-state index contributed by atoms with van der Waals surface area (Å²) in [6.45, 7) is 8.90. The number of halogens is 1. The number of alkyl halides is 1. The molecule has 2 aliphatic heterocycles. The first-order valence-corrected chi connectivity index (χ1v) is 8.18. The summed E-state index contributed by atoms with van der Waals surface area (Å²) in [5, 5.41) is 0. The molecule has 6 heteroatoms. The molecule has 0 amide bonds. The smallest absolute Gasteiger partial charge is 0.217 e. The molecule has 0 atom stereocenters. The predicted octanol–water partition coefficient (Wildman–Crippen LogP) is 3.59. The van der Waals surface area contributed by atoms with Gasteiger partial charge in [0.25, 0.3) is 0 Å². The lowest BCUT2D eigenvalue weighted by Crippen LogP contribution is -2.36. The van der Waals surface area contributed by atoms with Crippen molar-refractivity contribution in [2.75, 3.05) is 26.4 Å². The Bertz CT molecular complexity index is 434. The number of hydrogen-bond donors (Lipinski definition) is 0. The molecule has 2 aliphatic rings. The van der Waals surface area contributed by atoms with Crippen LogP contribution in [0.3, 0.4) is 0 Å². The summed E-state index contributed by atoms with van der Waals surface area (Å²) in [5.41, 5.74) is 0.0479. The average Bonchev–Trinajstić information content (AvgIpc) is 2.88. The van der Waals surface area contributed by atoms with Crippen LogP contribution in [-0.4, -0.2) is 29.8 Å². The van der Waals surface area contributed by atoms with Crippen LogP contribution in [0, 0.1) is 5.41 Å². The van der Waals surface area contributed by atoms with Crippen LogP contribution in [0.5, 0.6) is 0 Å². The molecule has 0 bridgehead atoms. The van der Waals surface area contributed by atoms with Gasteiger partial charge in [0.15, 0.2) is 11.5 Å². The van der Waals surface area contributed by atoms with Crippen molar-refractivity contribution in [3.8, 4) is 0 Å². The SMILES string of the molecule is CC1(C)COC(c2ccc(C3OCC(C)(I)CO3)o2)OC1. The average molecular weight is 408 g/mol. The van der Waals surface area contributed by atoms with E-state index in [1.54, 1.807) is 0 Å². The number of ether oxygens (including phenoxy) is 4. The van der Waals surface area contributed by atoms with Crippen molar-refractivity contribution in [2.45, 2.75) is 36.8 Å². The van der Waals surface area contributed by atoms with E-state index in [0.717, 1.165) is 0 Å². The van der Waals surface area contributed by atoms with Crippen LogP contribution in [0.25, 0.3) is 0 Å². The molecule has 0 saturated carbocycles. The van der Waals surface area contributed by atoms with E-state index in [9.17, 15) is 0 Å². The van der Waals surface area contributed by atoms with E-state index in [0.29, 0.717) is 37.9 Å². The fourth-order valence-electron chi connectivity index (χ4n) is 2.23. The van der Waals surface area contributed by atoms with Crippen molar-refractivity contribution in [3.63, 3.8) is 0 Å². The van der Waals surface area contributed by atoms with Gasteiger partial charge in [-0.25, -0.2) is 0 Å².